The van der Waals surface area contributed by atoms with Crippen LogP contribution in [0, 0.1) is 5.82 Å². The molecule has 0 saturated carbocycles. The van der Waals surface area contributed by atoms with Gasteiger partial charge in [0.1, 0.15) is 5.75 Å². The molecule has 3 aromatic rings. The van der Waals surface area contributed by atoms with Crippen molar-refractivity contribution in [3.05, 3.63) is 60.8 Å². The summed E-state index contributed by atoms with van der Waals surface area (Å²) < 4.78 is 31.2. The number of ether oxygens (including phenoxy) is 3. The van der Waals surface area contributed by atoms with Gasteiger partial charge in [-0.05, 0) is 24.3 Å². The molecule has 0 aliphatic carbocycles. The molecule has 0 fully saturated rings. The summed E-state index contributed by atoms with van der Waals surface area (Å²) in [6.45, 7) is 0.429. The highest BCUT2D eigenvalue weighted by Crippen LogP contribution is 2.37. The highest BCUT2D eigenvalue weighted by atomic mass is 19.1. The smallest absolute Gasteiger partial charge is 0.327 e. The van der Waals surface area contributed by atoms with Gasteiger partial charge in [-0.15, -0.1) is 0 Å². The number of benzene rings is 2. The lowest BCUT2D eigenvalue weighted by Crippen LogP contribution is -2.32. The van der Waals surface area contributed by atoms with Crippen LogP contribution in [-0.4, -0.2) is 48.8 Å². The van der Waals surface area contributed by atoms with Crippen molar-refractivity contribution in [3.8, 4) is 23.0 Å². The van der Waals surface area contributed by atoms with E-state index in [1.807, 2.05) is 11.9 Å². The van der Waals surface area contributed by atoms with E-state index in [0.29, 0.717) is 40.5 Å². The molecule has 2 aromatic carbocycles. The van der Waals surface area contributed by atoms with E-state index >= 15 is 0 Å². The third-order valence-electron chi connectivity index (χ3n) is 4.75. The van der Waals surface area contributed by atoms with E-state index < -0.39 is 5.82 Å². The lowest BCUT2D eigenvalue weighted by atomic mass is 10.2. The first-order valence-electron chi connectivity index (χ1n) is 9.43. The van der Waals surface area contributed by atoms with Crippen molar-refractivity contribution in [2.75, 3.05) is 33.3 Å². The highest BCUT2D eigenvalue weighted by Gasteiger charge is 2.18. The van der Waals surface area contributed by atoms with Gasteiger partial charge in [0.15, 0.2) is 23.1 Å². The predicted octanol–water partition coefficient (Wildman–Crippen LogP) is 4.39. The maximum atomic E-state index is 14.7. The third-order valence-corrected chi connectivity index (χ3v) is 4.75. The number of anilines is 1. The Balaban J connectivity index is 1.56. The van der Waals surface area contributed by atoms with Gasteiger partial charge in [0.25, 0.3) is 0 Å². The van der Waals surface area contributed by atoms with E-state index in [9.17, 15) is 9.18 Å². The molecular weight excluding hydrogens is 403 g/mol. The van der Waals surface area contributed by atoms with Crippen LogP contribution in [0.5, 0.6) is 23.0 Å². The van der Waals surface area contributed by atoms with Crippen molar-refractivity contribution >= 4 is 22.6 Å². The van der Waals surface area contributed by atoms with E-state index in [0.717, 1.165) is 0 Å². The molecule has 2 heterocycles. The number of aromatic nitrogens is 1. The molecule has 1 aliphatic heterocycles. The number of pyridine rings is 1. The summed E-state index contributed by atoms with van der Waals surface area (Å²) in [5.41, 5.74) is 0.937. The zero-order valence-corrected chi connectivity index (χ0v) is 17.3. The van der Waals surface area contributed by atoms with Crippen molar-refractivity contribution in [1.82, 2.24) is 14.8 Å². The Hall–Kier alpha value is -4.01. The SMILES string of the molecule is COc1cc2nccc(Oc3ccc(NC(=O)N4C=CN(C)C4)cc3F)c2cc1OC. The molecule has 1 aromatic heterocycles. The largest absolute Gasteiger partial charge is 0.493 e. The van der Waals surface area contributed by atoms with Gasteiger partial charge in [-0.25, -0.2) is 9.18 Å². The number of carbonyl (C=O) groups is 1. The Kier molecular flexibility index (Phi) is 5.48. The summed E-state index contributed by atoms with van der Waals surface area (Å²) in [5.74, 6) is 0.850. The maximum absolute atomic E-state index is 14.7. The molecule has 2 amide bonds. The number of urea groups is 1. The number of carbonyl (C=O) groups excluding carboxylic acids is 1. The standard InChI is InChI=1S/C22H21FN4O4/c1-26-8-9-27(13-26)22(28)25-14-4-5-19(16(23)10-14)31-18-6-7-24-17-12-21(30-3)20(29-2)11-15(17)18/h4-12H,13H2,1-3H3,(H,25,28). The summed E-state index contributed by atoms with van der Waals surface area (Å²) in [5, 5.41) is 3.31. The summed E-state index contributed by atoms with van der Waals surface area (Å²) in [7, 11) is 4.92. The molecule has 31 heavy (non-hydrogen) atoms. The summed E-state index contributed by atoms with van der Waals surface area (Å²) >= 11 is 0. The molecule has 0 spiro atoms. The maximum Gasteiger partial charge on any atom is 0.327 e. The number of hydrogen-bond donors (Lipinski definition) is 1. The molecule has 1 N–H and O–H groups in total. The van der Waals surface area contributed by atoms with Crippen molar-refractivity contribution in [2.45, 2.75) is 0 Å². The van der Waals surface area contributed by atoms with Crippen LogP contribution in [0.3, 0.4) is 0 Å². The minimum Gasteiger partial charge on any atom is -0.493 e. The third kappa shape index (κ3) is 4.16. The quantitative estimate of drug-likeness (QED) is 0.655. The Bertz CT molecular complexity index is 1170. The van der Waals surface area contributed by atoms with Crippen LogP contribution >= 0.6 is 0 Å². The van der Waals surface area contributed by atoms with E-state index in [2.05, 4.69) is 10.3 Å². The van der Waals surface area contributed by atoms with Gasteiger partial charge >= 0.3 is 6.03 Å². The zero-order chi connectivity index (χ0) is 22.0. The average Bonchev–Trinajstić information content (AvgIpc) is 3.21. The number of hydrogen-bond acceptors (Lipinski definition) is 6. The fourth-order valence-corrected chi connectivity index (χ4v) is 3.17. The van der Waals surface area contributed by atoms with Crippen LogP contribution in [0.2, 0.25) is 0 Å². The monoisotopic (exact) mass is 424 g/mol. The van der Waals surface area contributed by atoms with Crippen LogP contribution < -0.4 is 19.5 Å². The van der Waals surface area contributed by atoms with E-state index in [-0.39, 0.29) is 11.8 Å². The van der Waals surface area contributed by atoms with Gasteiger partial charge in [-0.2, -0.15) is 0 Å². The van der Waals surface area contributed by atoms with Crippen LogP contribution in [0.25, 0.3) is 10.9 Å². The molecule has 8 nitrogen and oxygen atoms in total. The van der Waals surface area contributed by atoms with Gasteiger partial charge < -0.3 is 24.4 Å². The number of methoxy groups -OCH3 is 2. The van der Waals surface area contributed by atoms with Crippen molar-refractivity contribution in [1.29, 1.82) is 0 Å². The summed E-state index contributed by atoms with van der Waals surface area (Å²) in [6, 6.07) is 8.99. The molecule has 9 heteroatoms. The van der Waals surface area contributed by atoms with Crippen molar-refractivity contribution < 1.29 is 23.4 Å². The molecule has 0 radical (unpaired) electrons. The van der Waals surface area contributed by atoms with Crippen LogP contribution in [0.4, 0.5) is 14.9 Å². The Morgan fingerprint density at radius 1 is 1.03 bits per heavy atom. The molecule has 0 saturated heterocycles. The Morgan fingerprint density at radius 3 is 2.48 bits per heavy atom. The minimum atomic E-state index is -0.614. The number of amides is 2. The summed E-state index contributed by atoms with van der Waals surface area (Å²) in [4.78, 5) is 19.9. The molecule has 160 valence electrons. The van der Waals surface area contributed by atoms with E-state index in [1.165, 1.54) is 31.3 Å². The number of halogens is 1. The van der Waals surface area contributed by atoms with Crippen LogP contribution in [-0.2, 0) is 0 Å². The normalized spacial score (nSPS) is 12.9. The molecule has 0 atom stereocenters. The second-order valence-electron chi connectivity index (χ2n) is 6.88. The molecule has 0 bridgehead atoms. The lowest BCUT2D eigenvalue weighted by Gasteiger charge is -2.17. The minimum absolute atomic E-state index is 0.0149. The fourth-order valence-electron chi connectivity index (χ4n) is 3.17. The predicted molar refractivity (Wildman–Crippen MR) is 114 cm³/mol. The van der Waals surface area contributed by atoms with Gasteiger partial charge in [0.05, 0.1) is 26.4 Å². The van der Waals surface area contributed by atoms with Gasteiger partial charge in [-0.3, -0.25) is 9.88 Å². The first-order chi connectivity index (χ1) is 15.0. The Labute approximate surface area is 178 Å². The van der Waals surface area contributed by atoms with E-state index in [1.54, 1.807) is 42.9 Å². The second-order valence-corrected chi connectivity index (χ2v) is 6.88. The van der Waals surface area contributed by atoms with Crippen LogP contribution in [0.1, 0.15) is 0 Å². The highest BCUT2D eigenvalue weighted by molar-refractivity contribution is 5.90. The average molecular weight is 424 g/mol. The number of fused-ring (bicyclic) bond motifs is 1. The Morgan fingerprint density at radius 2 is 1.81 bits per heavy atom. The molecule has 4 rings (SSSR count). The van der Waals surface area contributed by atoms with Crippen molar-refractivity contribution in [2.24, 2.45) is 0 Å². The van der Waals surface area contributed by atoms with Gasteiger partial charge in [-0.1, -0.05) is 0 Å². The molecular formula is C22H21FN4O4. The molecule has 1 aliphatic rings. The van der Waals surface area contributed by atoms with E-state index in [4.69, 9.17) is 14.2 Å². The van der Waals surface area contributed by atoms with Gasteiger partial charge in [0.2, 0.25) is 0 Å². The topological polar surface area (TPSA) is 76.2 Å². The van der Waals surface area contributed by atoms with Crippen molar-refractivity contribution in [3.63, 3.8) is 0 Å². The number of nitrogens with zero attached hydrogens (tertiary/aromatic N) is 3. The first kappa shape index (κ1) is 20.3. The van der Waals surface area contributed by atoms with Crippen LogP contribution in [0.15, 0.2) is 55.0 Å². The first-order valence-corrected chi connectivity index (χ1v) is 9.43. The second kappa shape index (κ2) is 8.39. The van der Waals surface area contributed by atoms with Gasteiger partial charge in [0, 0.05) is 48.9 Å². The number of nitrogens with one attached hydrogen (secondary N) is 1. The lowest BCUT2D eigenvalue weighted by molar-refractivity contribution is 0.220. The zero-order valence-electron chi connectivity index (χ0n) is 17.3. The molecule has 0 unspecified atom stereocenters. The number of rotatable bonds is 5. The summed E-state index contributed by atoms with van der Waals surface area (Å²) in [6.07, 6.45) is 5.00. The fraction of sp³-hybridized carbons (Fsp3) is 0.182.